The van der Waals surface area contributed by atoms with E-state index in [-0.39, 0.29) is 23.1 Å². The van der Waals surface area contributed by atoms with Crippen molar-refractivity contribution < 1.29 is 14.3 Å². The molecule has 0 aromatic heterocycles. The molecule has 3 nitrogen and oxygen atoms in total. The number of ether oxygens (including phenoxy) is 1. The van der Waals surface area contributed by atoms with Crippen molar-refractivity contribution in [1.82, 2.24) is 0 Å². The maximum atomic E-state index is 11.8. The van der Waals surface area contributed by atoms with Crippen LogP contribution in [-0.4, -0.2) is 23.8 Å². The highest BCUT2D eigenvalue weighted by Crippen LogP contribution is 2.27. The number of Topliss-reactive ketones (excluding diaryl/α,β-unsaturated/α-hetero) is 1. The summed E-state index contributed by atoms with van der Waals surface area (Å²) in [4.78, 5) is 23.3. The molecular weight excluding hydrogens is 216 g/mol. The summed E-state index contributed by atoms with van der Waals surface area (Å²) in [6, 6.07) is 0. The number of hydrogen-bond donors (Lipinski definition) is 0. The van der Waals surface area contributed by atoms with E-state index >= 15 is 0 Å². The molecule has 1 heterocycles. The van der Waals surface area contributed by atoms with Crippen LogP contribution in [0.3, 0.4) is 0 Å². The highest BCUT2D eigenvalue weighted by atomic mass is 16.5. The molecule has 17 heavy (non-hydrogen) atoms. The summed E-state index contributed by atoms with van der Waals surface area (Å²) in [5, 5.41) is 0. The molecule has 3 heteroatoms. The molecule has 0 N–H and O–H groups in total. The van der Waals surface area contributed by atoms with E-state index in [4.69, 9.17) is 4.74 Å². The molecule has 1 fully saturated rings. The largest absolute Gasteiger partial charge is 0.374 e. The van der Waals surface area contributed by atoms with E-state index in [1.165, 1.54) is 0 Å². The van der Waals surface area contributed by atoms with Gasteiger partial charge in [-0.3, -0.25) is 9.59 Å². The Balaban J connectivity index is 2.41. The Hall–Kier alpha value is -0.960. The van der Waals surface area contributed by atoms with Crippen LogP contribution < -0.4 is 0 Å². The number of ketones is 2. The zero-order chi connectivity index (χ0) is 13.1. The van der Waals surface area contributed by atoms with Crippen molar-refractivity contribution in [2.75, 3.05) is 6.61 Å². The van der Waals surface area contributed by atoms with Crippen LogP contribution in [-0.2, 0) is 14.3 Å². The first-order valence-electron chi connectivity index (χ1n) is 6.14. The fourth-order valence-corrected chi connectivity index (χ4v) is 1.99. The number of carbonyl (C=O) groups excluding carboxylic acids is 2. The second-order valence-corrected chi connectivity index (χ2v) is 5.64. The summed E-state index contributed by atoms with van der Waals surface area (Å²) in [7, 11) is 0. The molecule has 0 aliphatic carbocycles. The summed E-state index contributed by atoms with van der Waals surface area (Å²) in [5.41, 5.74) is 0.666. The van der Waals surface area contributed by atoms with Crippen molar-refractivity contribution in [3.8, 4) is 0 Å². The first kappa shape index (κ1) is 14.1. The molecule has 0 saturated carbocycles. The van der Waals surface area contributed by atoms with Crippen molar-refractivity contribution in [1.29, 1.82) is 0 Å². The first-order chi connectivity index (χ1) is 7.80. The van der Waals surface area contributed by atoms with Gasteiger partial charge >= 0.3 is 0 Å². The Labute approximate surface area is 103 Å². The molecular formula is C14H22O3. The molecule has 1 atom stereocenters. The van der Waals surface area contributed by atoms with Gasteiger partial charge in [-0.25, -0.2) is 0 Å². The maximum absolute atomic E-state index is 11.8. The molecule has 96 valence electrons. The maximum Gasteiger partial charge on any atom is 0.155 e. The van der Waals surface area contributed by atoms with Crippen LogP contribution in [0.4, 0.5) is 0 Å². The van der Waals surface area contributed by atoms with E-state index in [2.05, 4.69) is 0 Å². The molecule has 1 aliphatic heterocycles. The summed E-state index contributed by atoms with van der Waals surface area (Å²) >= 11 is 0. The predicted molar refractivity (Wildman–Crippen MR) is 66.8 cm³/mol. The highest BCUT2D eigenvalue weighted by molar-refractivity contribution is 5.91. The minimum Gasteiger partial charge on any atom is -0.374 e. The van der Waals surface area contributed by atoms with Crippen LogP contribution in [0.15, 0.2) is 11.6 Å². The van der Waals surface area contributed by atoms with Crippen LogP contribution in [0.25, 0.3) is 0 Å². The molecule has 0 aromatic rings. The van der Waals surface area contributed by atoms with E-state index in [0.717, 1.165) is 5.57 Å². The smallest absolute Gasteiger partial charge is 0.155 e. The Morgan fingerprint density at radius 1 is 1.47 bits per heavy atom. The van der Waals surface area contributed by atoms with Gasteiger partial charge in [0.1, 0.15) is 5.78 Å². The highest BCUT2D eigenvalue weighted by Gasteiger charge is 2.33. The monoisotopic (exact) mass is 238 g/mol. The van der Waals surface area contributed by atoms with Crippen LogP contribution in [0.1, 0.15) is 47.0 Å². The van der Waals surface area contributed by atoms with Gasteiger partial charge in [0.25, 0.3) is 0 Å². The van der Waals surface area contributed by atoms with Crippen molar-refractivity contribution in [2.24, 2.45) is 5.92 Å². The molecule has 1 saturated heterocycles. The second-order valence-electron chi connectivity index (χ2n) is 5.64. The van der Waals surface area contributed by atoms with Crippen molar-refractivity contribution in [3.63, 3.8) is 0 Å². The summed E-state index contributed by atoms with van der Waals surface area (Å²) < 4.78 is 5.61. The SMILES string of the molecule is CC(C)=CC(=O)CCC1COC(C)(C)CC1=O. The molecule has 0 radical (unpaired) electrons. The lowest BCUT2D eigenvalue weighted by Crippen LogP contribution is -2.40. The van der Waals surface area contributed by atoms with Gasteiger partial charge in [0.2, 0.25) is 0 Å². The molecule has 1 rings (SSSR count). The molecule has 1 aliphatic rings. The summed E-state index contributed by atoms with van der Waals surface area (Å²) in [5.74, 6) is 0.228. The first-order valence-corrected chi connectivity index (χ1v) is 6.14. The lowest BCUT2D eigenvalue weighted by molar-refractivity contribution is -0.145. The zero-order valence-corrected chi connectivity index (χ0v) is 11.2. The van der Waals surface area contributed by atoms with Crippen LogP contribution in [0, 0.1) is 5.92 Å². The lowest BCUT2D eigenvalue weighted by atomic mass is 9.87. The predicted octanol–water partition coefficient (Wildman–Crippen LogP) is 2.69. The minimum atomic E-state index is -0.336. The van der Waals surface area contributed by atoms with E-state index in [9.17, 15) is 9.59 Å². The quantitative estimate of drug-likeness (QED) is 0.707. The average molecular weight is 238 g/mol. The van der Waals surface area contributed by atoms with E-state index in [0.29, 0.717) is 25.9 Å². The van der Waals surface area contributed by atoms with Gasteiger partial charge in [0.05, 0.1) is 12.2 Å². The van der Waals surface area contributed by atoms with Gasteiger partial charge in [0, 0.05) is 18.8 Å². The summed E-state index contributed by atoms with van der Waals surface area (Å²) in [6.07, 6.45) is 3.13. The molecule has 1 unspecified atom stereocenters. The molecule has 0 spiro atoms. The van der Waals surface area contributed by atoms with Gasteiger partial charge in [-0.2, -0.15) is 0 Å². The Kier molecular flexibility index (Phi) is 4.63. The third-order valence-corrected chi connectivity index (χ3v) is 2.92. The van der Waals surface area contributed by atoms with E-state index < -0.39 is 0 Å². The lowest BCUT2D eigenvalue weighted by Gasteiger charge is -2.33. The molecule has 0 amide bonds. The second kappa shape index (κ2) is 5.58. The fourth-order valence-electron chi connectivity index (χ4n) is 1.99. The van der Waals surface area contributed by atoms with Crippen LogP contribution in [0.2, 0.25) is 0 Å². The summed E-state index contributed by atoms with van der Waals surface area (Å²) in [6.45, 7) is 8.10. The normalized spacial score (nSPS) is 23.3. The van der Waals surface area contributed by atoms with Gasteiger partial charge in [-0.15, -0.1) is 0 Å². The number of carbonyl (C=O) groups is 2. The van der Waals surface area contributed by atoms with Gasteiger partial charge in [0.15, 0.2) is 5.78 Å². The van der Waals surface area contributed by atoms with Gasteiger partial charge in [-0.1, -0.05) is 5.57 Å². The van der Waals surface area contributed by atoms with Crippen molar-refractivity contribution in [2.45, 2.75) is 52.6 Å². The topological polar surface area (TPSA) is 43.4 Å². The average Bonchev–Trinajstić information content (AvgIpc) is 2.13. The van der Waals surface area contributed by atoms with Gasteiger partial charge in [-0.05, 0) is 40.2 Å². The molecule has 0 bridgehead atoms. The number of rotatable bonds is 4. The minimum absolute atomic E-state index is 0.0995. The zero-order valence-electron chi connectivity index (χ0n) is 11.2. The third-order valence-electron chi connectivity index (χ3n) is 2.92. The van der Waals surface area contributed by atoms with Crippen LogP contribution >= 0.6 is 0 Å². The fraction of sp³-hybridized carbons (Fsp3) is 0.714. The van der Waals surface area contributed by atoms with Crippen molar-refractivity contribution >= 4 is 11.6 Å². The van der Waals surface area contributed by atoms with Crippen LogP contribution in [0.5, 0.6) is 0 Å². The van der Waals surface area contributed by atoms with Crippen molar-refractivity contribution in [3.05, 3.63) is 11.6 Å². The third kappa shape index (κ3) is 4.82. The number of allylic oxidation sites excluding steroid dienone is 2. The Morgan fingerprint density at radius 2 is 2.12 bits per heavy atom. The molecule has 0 aromatic carbocycles. The Morgan fingerprint density at radius 3 is 2.65 bits per heavy atom. The standard InChI is InChI=1S/C14H22O3/c1-10(2)7-12(15)6-5-11-9-17-14(3,4)8-13(11)16/h7,11H,5-6,8-9H2,1-4H3. The number of hydrogen-bond acceptors (Lipinski definition) is 3. The van der Waals surface area contributed by atoms with Gasteiger partial charge < -0.3 is 4.74 Å². The van der Waals surface area contributed by atoms with E-state index in [1.807, 2.05) is 27.7 Å². The van der Waals surface area contributed by atoms with E-state index in [1.54, 1.807) is 6.08 Å². The Bertz CT molecular complexity index is 335.